The topological polar surface area (TPSA) is 0 Å². The van der Waals surface area contributed by atoms with Crippen molar-refractivity contribution in [3.63, 3.8) is 0 Å². The van der Waals surface area contributed by atoms with E-state index in [1.54, 1.807) is 0 Å². The molecular formula is C62H90Si4. The third-order valence-electron chi connectivity index (χ3n) is 17.8. The molecule has 0 aliphatic heterocycles. The van der Waals surface area contributed by atoms with Crippen molar-refractivity contribution >= 4 is 75.4 Å². The maximum atomic E-state index is 4.12. The maximum Gasteiger partial charge on any atom is 0.146 e. The zero-order valence-electron chi connectivity index (χ0n) is 46.4. The maximum absolute atomic E-state index is 4.12. The minimum absolute atomic E-state index is 0.562. The minimum atomic E-state index is -2.00. The van der Waals surface area contributed by atoms with Gasteiger partial charge in [0.2, 0.25) is 0 Å². The van der Waals surface area contributed by atoms with Crippen molar-refractivity contribution in [3.8, 4) is 45.9 Å². The highest BCUT2D eigenvalue weighted by atomic mass is 28.3. The quantitative estimate of drug-likeness (QED) is 0.0864. The van der Waals surface area contributed by atoms with Crippen molar-refractivity contribution in [1.29, 1.82) is 0 Å². The molecule has 66 heavy (non-hydrogen) atoms. The molecular weight excluding hydrogens is 857 g/mol. The molecule has 0 saturated carbocycles. The van der Waals surface area contributed by atoms with Gasteiger partial charge in [-0.25, -0.2) is 0 Å². The fourth-order valence-electron chi connectivity index (χ4n) is 14.4. The van der Waals surface area contributed by atoms with Crippen LogP contribution in [0.4, 0.5) is 0 Å². The van der Waals surface area contributed by atoms with Crippen LogP contribution in [0.1, 0.15) is 188 Å². The SMILES string of the molecule is CC(C)[Si](C#Cc1cc2c3ccc4c5cc(C#C[Si](C(C)C)(C(C)C)C(C)C)c(C#C[Si](C(C)C)(C(C)C)C(C)C)cc5c4c3c2cc1C#C[Si](C(C)C)(C(C)C)C(C)C)(C(C)C)C(C)C. The lowest BCUT2D eigenvalue weighted by Gasteiger charge is -2.38. The van der Waals surface area contributed by atoms with Crippen LogP contribution in [-0.2, 0) is 0 Å². The highest BCUT2D eigenvalue weighted by Crippen LogP contribution is 2.50. The molecule has 0 saturated heterocycles. The van der Waals surface area contributed by atoms with E-state index in [1.807, 2.05) is 0 Å². The summed E-state index contributed by atoms with van der Waals surface area (Å²) < 4.78 is 0. The van der Waals surface area contributed by atoms with E-state index in [0.717, 1.165) is 22.3 Å². The second-order valence-corrected chi connectivity index (χ2v) is 46.7. The van der Waals surface area contributed by atoms with E-state index >= 15 is 0 Å². The van der Waals surface area contributed by atoms with Crippen LogP contribution in [-0.4, -0.2) is 32.3 Å². The van der Waals surface area contributed by atoms with E-state index in [2.05, 4.69) is 248 Å². The van der Waals surface area contributed by atoms with Crippen molar-refractivity contribution in [3.05, 3.63) is 58.7 Å². The van der Waals surface area contributed by atoms with Gasteiger partial charge in [0.05, 0.1) is 0 Å². The zero-order valence-corrected chi connectivity index (χ0v) is 50.4. The first kappa shape index (κ1) is 53.7. The average molecular weight is 948 g/mol. The first-order valence-corrected chi connectivity index (χ1v) is 35.2. The molecule has 5 aromatic rings. The van der Waals surface area contributed by atoms with Crippen molar-refractivity contribution in [2.24, 2.45) is 0 Å². The van der Waals surface area contributed by atoms with Crippen LogP contribution in [0.25, 0.3) is 43.1 Å². The van der Waals surface area contributed by atoms with Crippen molar-refractivity contribution in [2.75, 3.05) is 0 Å². The van der Waals surface area contributed by atoms with E-state index in [0.29, 0.717) is 66.5 Å². The molecule has 5 rings (SSSR count). The average Bonchev–Trinajstić information content (AvgIpc) is 3.18. The van der Waals surface area contributed by atoms with Crippen LogP contribution in [0.5, 0.6) is 0 Å². The number of hydrogen-bond donors (Lipinski definition) is 0. The summed E-state index contributed by atoms with van der Waals surface area (Å²) in [6.45, 7) is 58.1. The lowest BCUT2D eigenvalue weighted by molar-refractivity contribution is 0.838. The Balaban J connectivity index is 1.91. The predicted molar refractivity (Wildman–Crippen MR) is 311 cm³/mol. The Morgan fingerprint density at radius 1 is 0.242 bits per heavy atom. The molecule has 0 heterocycles. The fraction of sp³-hybridized carbons (Fsp3) is 0.581. The first-order valence-electron chi connectivity index (χ1n) is 26.3. The van der Waals surface area contributed by atoms with Gasteiger partial charge >= 0.3 is 0 Å². The summed E-state index contributed by atoms with van der Waals surface area (Å²) in [4.78, 5) is 0. The van der Waals surface area contributed by atoms with Gasteiger partial charge in [-0.1, -0.05) is 202 Å². The number of hydrogen-bond acceptors (Lipinski definition) is 0. The molecule has 0 aliphatic rings. The summed E-state index contributed by atoms with van der Waals surface area (Å²) in [6, 6.07) is 14.5. The van der Waals surface area contributed by atoms with E-state index < -0.39 is 32.3 Å². The van der Waals surface area contributed by atoms with Gasteiger partial charge in [-0.3, -0.25) is 0 Å². The Morgan fingerprint density at radius 3 is 0.576 bits per heavy atom. The largest absolute Gasteiger partial charge is 0.146 e. The summed E-state index contributed by atoms with van der Waals surface area (Å²) >= 11 is 0. The molecule has 5 aromatic carbocycles. The van der Waals surface area contributed by atoms with Crippen molar-refractivity contribution in [2.45, 2.75) is 233 Å². The molecule has 0 N–H and O–H groups in total. The van der Waals surface area contributed by atoms with Gasteiger partial charge in [0, 0.05) is 22.3 Å². The molecule has 0 spiro atoms. The summed E-state index contributed by atoms with van der Waals surface area (Å²) in [7, 11) is -7.95. The third kappa shape index (κ3) is 8.72. The van der Waals surface area contributed by atoms with E-state index in [1.165, 1.54) is 43.1 Å². The van der Waals surface area contributed by atoms with Crippen molar-refractivity contribution in [1.82, 2.24) is 0 Å². The highest BCUT2D eigenvalue weighted by molar-refractivity contribution is 6.92. The molecule has 0 nitrogen and oxygen atoms in total. The van der Waals surface area contributed by atoms with Gasteiger partial charge in [0.15, 0.2) is 0 Å². The molecule has 0 bridgehead atoms. The normalized spacial score (nSPS) is 13.4. The predicted octanol–water partition coefficient (Wildman–Crippen LogP) is 19.5. The number of benzene rings is 3. The first-order chi connectivity index (χ1) is 30.6. The summed E-state index contributed by atoms with van der Waals surface area (Å²) in [6.07, 6.45) is 0. The second-order valence-electron chi connectivity index (χ2n) is 24.4. The van der Waals surface area contributed by atoms with Crippen LogP contribution >= 0.6 is 0 Å². The van der Waals surface area contributed by atoms with Gasteiger partial charge in [0.1, 0.15) is 32.3 Å². The minimum Gasteiger partial charge on any atom is -0.125 e. The van der Waals surface area contributed by atoms with Crippen LogP contribution < -0.4 is 0 Å². The van der Waals surface area contributed by atoms with E-state index in [9.17, 15) is 0 Å². The second kappa shape index (κ2) is 20.0. The number of fused-ring (bicyclic) bond motifs is 9. The Hall–Kier alpha value is -3.23. The molecule has 0 amide bonds. The highest BCUT2D eigenvalue weighted by Gasteiger charge is 2.45. The van der Waals surface area contributed by atoms with Gasteiger partial charge in [-0.15, -0.1) is 22.2 Å². The standard InChI is InChI=1S/C62H90Si4/c1-39(2)63(40(3)4,41(5)6)31-27-51-35-57-55-25-26-56-58-36-52(28-32-64(42(7)8,43(9)10)44(11)12)54(30-34-66(48(19)20,49(21)22)50(23)24)38-60(58)62(56)61(55)59(57)37-53(51)29-33-65(45(13)14,46(15)16)47(17)18/h25-26,35-50H,1-24H3. The van der Waals surface area contributed by atoms with Gasteiger partial charge in [-0.05, 0) is 134 Å². The lowest BCUT2D eigenvalue weighted by Crippen LogP contribution is -2.43. The van der Waals surface area contributed by atoms with E-state index in [-0.39, 0.29) is 0 Å². The Labute approximate surface area is 410 Å². The Morgan fingerprint density at radius 2 is 0.409 bits per heavy atom. The van der Waals surface area contributed by atoms with Crippen LogP contribution in [0.15, 0.2) is 36.4 Å². The van der Waals surface area contributed by atoms with Gasteiger partial charge < -0.3 is 0 Å². The zero-order chi connectivity index (χ0) is 49.8. The molecule has 354 valence electrons. The number of rotatable bonds is 12. The van der Waals surface area contributed by atoms with Crippen LogP contribution in [0.3, 0.4) is 0 Å². The Kier molecular flexibility index (Phi) is 16.3. The molecule has 4 heteroatoms. The summed E-state index contributed by atoms with van der Waals surface area (Å²) in [5.74, 6) is 15.7. The third-order valence-corrected chi connectivity index (χ3v) is 42.9. The lowest BCUT2D eigenvalue weighted by atomic mass is 9.81. The van der Waals surface area contributed by atoms with Crippen molar-refractivity contribution < 1.29 is 0 Å². The molecule has 0 aromatic heterocycles. The van der Waals surface area contributed by atoms with Gasteiger partial charge in [0.25, 0.3) is 0 Å². The van der Waals surface area contributed by atoms with E-state index in [4.69, 9.17) is 0 Å². The summed E-state index contributed by atoms with van der Waals surface area (Å²) in [5, 5.41) is 10.8. The van der Waals surface area contributed by atoms with Crippen LogP contribution in [0, 0.1) is 45.9 Å². The molecule has 0 fully saturated rings. The fourth-order valence-corrected chi connectivity index (χ4v) is 35.3. The smallest absolute Gasteiger partial charge is 0.125 e. The van der Waals surface area contributed by atoms with Crippen LogP contribution in [0.2, 0.25) is 66.5 Å². The molecule has 0 unspecified atom stereocenters. The van der Waals surface area contributed by atoms with Gasteiger partial charge in [-0.2, -0.15) is 0 Å². The Bertz CT molecular complexity index is 2490. The molecule has 0 radical (unpaired) electrons. The monoisotopic (exact) mass is 947 g/mol. The molecule has 0 aliphatic carbocycles. The molecule has 0 atom stereocenters. The summed E-state index contributed by atoms with van der Waals surface area (Å²) in [5.41, 5.74) is 27.7.